The summed E-state index contributed by atoms with van der Waals surface area (Å²) < 4.78 is 5.76. The van der Waals surface area contributed by atoms with E-state index in [-0.39, 0.29) is 11.5 Å². The Labute approximate surface area is 129 Å². The second-order valence-corrected chi connectivity index (χ2v) is 6.30. The molecule has 0 aliphatic carbocycles. The van der Waals surface area contributed by atoms with Crippen molar-refractivity contribution < 1.29 is 14.6 Å². The highest BCUT2D eigenvalue weighted by Gasteiger charge is 2.08. The van der Waals surface area contributed by atoms with Crippen LogP contribution in [0.5, 0.6) is 11.5 Å². The van der Waals surface area contributed by atoms with Crippen LogP contribution in [-0.4, -0.2) is 18.0 Å². The van der Waals surface area contributed by atoms with Gasteiger partial charge in [-0.1, -0.05) is 15.9 Å². The largest absolute Gasteiger partial charge is 0.504 e. The summed E-state index contributed by atoms with van der Waals surface area (Å²) in [6, 6.07) is 6.94. The lowest BCUT2D eigenvalue weighted by Gasteiger charge is -2.06. The van der Waals surface area contributed by atoms with E-state index in [0.717, 1.165) is 9.35 Å². The van der Waals surface area contributed by atoms with Gasteiger partial charge in [0.1, 0.15) is 0 Å². The molecular formula is C15H13BrO3S. The monoisotopic (exact) mass is 352 g/mol. The van der Waals surface area contributed by atoms with Crippen LogP contribution in [0, 0.1) is 6.92 Å². The fourth-order valence-corrected chi connectivity index (χ4v) is 2.91. The summed E-state index contributed by atoms with van der Waals surface area (Å²) >= 11 is 4.84. The first kappa shape index (κ1) is 14.8. The van der Waals surface area contributed by atoms with E-state index >= 15 is 0 Å². The van der Waals surface area contributed by atoms with Gasteiger partial charge in [-0.3, -0.25) is 4.79 Å². The van der Waals surface area contributed by atoms with E-state index in [1.807, 2.05) is 19.1 Å². The number of benzene rings is 1. The van der Waals surface area contributed by atoms with E-state index in [9.17, 15) is 9.90 Å². The van der Waals surface area contributed by atoms with Gasteiger partial charge in [-0.25, -0.2) is 0 Å². The number of aromatic hydroxyl groups is 1. The highest BCUT2D eigenvalue weighted by molar-refractivity contribution is 9.10. The molecular weight excluding hydrogens is 340 g/mol. The number of methoxy groups -OCH3 is 1. The summed E-state index contributed by atoms with van der Waals surface area (Å²) in [5.74, 6) is 0.370. The quantitative estimate of drug-likeness (QED) is 0.653. The van der Waals surface area contributed by atoms with Gasteiger partial charge < -0.3 is 9.84 Å². The molecule has 2 rings (SSSR count). The van der Waals surface area contributed by atoms with Crippen LogP contribution in [0.4, 0.5) is 0 Å². The summed E-state index contributed by atoms with van der Waals surface area (Å²) in [7, 11) is 1.49. The molecule has 0 spiro atoms. The normalized spacial score (nSPS) is 10.9. The number of rotatable bonds is 4. The van der Waals surface area contributed by atoms with Crippen LogP contribution in [0.25, 0.3) is 6.08 Å². The third-order valence-corrected chi connectivity index (χ3v) is 4.40. The third kappa shape index (κ3) is 3.29. The van der Waals surface area contributed by atoms with Crippen LogP contribution in [0.3, 0.4) is 0 Å². The molecule has 104 valence electrons. The zero-order chi connectivity index (χ0) is 14.7. The lowest BCUT2D eigenvalue weighted by Crippen LogP contribution is -1.90. The predicted molar refractivity (Wildman–Crippen MR) is 84.8 cm³/mol. The van der Waals surface area contributed by atoms with E-state index in [0.29, 0.717) is 16.2 Å². The Morgan fingerprint density at radius 1 is 1.40 bits per heavy atom. The Morgan fingerprint density at radius 3 is 2.75 bits per heavy atom. The van der Waals surface area contributed by atoms with E-state index in [2.05, 4.69) is 15.9 Å². The number of phenolic OH excluding ortho intramolecular Hbond substituents is 1. The summed E-state index contributed by atoms with van der Waals surface area (Å²) in [5.41, 5.74) is 0.713. The highest BCUT2D eigenvalue weighted by Crippen LogP contribution is 2.33. The minimum atomic E-state index is -0.0506. The maximum absolute atomic E-state index is 12.0. The van der Waals surface area contributed by atoms with Crippen molar-refractivity contribution in [2.75, 3.05) is 7.11 Å². The second kappa shape index (κ2) is 6.24. The zero-order valence-electron chi connectivity index (χ0n) is 11.0. The molecule has 1 aromatic carbocycles. The molecule has 3 nitrogen and oxygen atoms in total. The average Bonchev–Trinajstić information content (AvgIpc) is 2.85. The molecule has 5 heteroatoms. The van der Waals surface area contributed by atoms with Crippen molar-refractivity contribution in [2.24, 2.45) is 0 Å². The van der Waals surface area contributed by atoms with Gasteiger partial charge in [-0.2, -0.15) is 0 Å². The smallest absolute Gasteiger partial charge is 0.195 e. The molecule has 2 aromatic rings. The molecule has 0 saturated heterocycles. The van der Waals surface area contributed by atoms with Gasteiger partial charge in [-0.15, -0.1) is 11.3 Å². The summed E-state index contributed by atoms with van der Waals surface area (Å²) in [4.78, 5) is 13.8. The maximum atomic E-state index is 12.0. The Hall–Kier alpha value is -1.59. The number of allylic oxidation sites excluding steroid dienone is 1. The molecule has 0 amide bonds. The van der Waals surface area contributed by atoms with Gasteiger partial charge in [-0.05, 0) is 48.9 Å². The van der Waals surface area contributed by atoms with E-state index in [4.69, 9.17) is 4.74 Å². The predicted octanol–water partition coefficient (Wildman–Crippen LogP) is 4.43. The molecule has 0 fully saturated rings. The minimum absolute atomic E-state index is 0.0368. The van der Waals surface area contributed by atoms with Crippen molar-refractivity contribution in [3.63, 3.8) is 0 Å². The summed E-state index contributed by atoms with van der Waals surface area (Å²) in [5, 5.41) is 9.74. The topological polar surface area (TPSA) is 46.5 Å². The minimum Gasteiger partial charge on any atom is -0.504 e. The van der Waals surface area contributed by atoms with Crippen LogP contribution in [0.1, 0.15) is 20.1 Å². The molecule has 1 N–H and O–H groups in total. The van der Waals surface area contributed by atoms with Gasteiger partial charge in [0.15, 0.2) is 17.3 Å². The number of aryl methyl sites for hydroxylation is 1. The van der Waals surface area contributed by atoms with Crippen LogP contribution in [-0.2, 0) is 0 Å². The van der Waals surface area contributed by atoms with Gasteiger partial charge in [0.2, 0.25) is 0 Å². The van der Waals surface area contributed by atoms with Crippen molar-refractivity contribution >= 4 is 39.1 Å². The molecule has 0 atom stereocenters. The number of phenols is 1. The lowest BCUT2D eigenvalue weighted by atomic mass is 10.1. The van der Waals surface area contributed by atoms with Crippen LogP contribution in [0.15, 0.2) is 34.8 Å². The third-order valence-electron chi connectivity index (χ3n) is 2.70. The highest BCUT2D eigenvalue weighted by atomic mass is 79.9. The lowest BCUT2D eigenvalue weighted by molar-refractivity contribution is 0.105. The van der Waals surface area contributed by atoms with Crippen molar-refractivity contribution in [3.05, 3.63) is 50.1 Å². The van der Waals surface area contributed by atoms with E-state index in [1.54, 1.807) is 18.2 Å². The SMILES string of the molecule is COc1cc(Br)c(/C=C/C(=O)c2ccc(C)s2)cc1O. The molecule has 1 aromatic heterocycles. The van der Waals surface area contributed by atoms with Gasteiger partial charge >= 0.3 is 0 Å². The molecule has 0 bridgehead atoms. The van der Waals surface area contributed by atoms with Crippen LogP contribution in [0.2, 0.25) is 0 Å². The van der Waals surface area contributed by atoms with Crippen molar-refractivity contribution in [3.8, 4) is 11.5 Å². The molecule has 0 aliphatic heterocycles. The second-order valence-electron chi connectivity index (χ2n) is 4.15. The molecule has 0 aliphatic rings. The van der Waals surface area contributed by atoms with Gasteiger partial charge in [0, 0.05) is 9.35 Å². The Morgan fingerprint density at radius 2 is 2.15 bits per heavy atom. The molecule has 20 heavy (non-hydrogen) atoms. The number of ether oxygens (including phenoxy) is 1. The molecule has 0 saturated carbocycles. The Balaban J connectivity index is 2.23. The average molecular weight is 353 g/mol. The number of carbonyl (C=O) groups excluding carboxylic acids is 1. The van der Waals surface area contributed by atoms with Gasteiger partial charge in [0.05, 0.1) is 12.0 Å². The Bertz CT molecular complexity index is 674. The van der Waals surface area contributed by atoms with E-state index in [1.165, 1.54) is 24.5 Å². The van der Waals surface area contributed by atoms with Gasteiger partial charge in [0.25, 0.3) is 0 Å². The molecule has 1 heterocycles. The molecule has 0 unspecified atom stereocenters. The van der Waals surface area contributed by atoms with Crippen molar-refractivity contribution in [2.45, 2.75) is 6.92 Å². The summed E-state index contributed by atoms with van der Waals surface area (Å²) in [6.07, 6.45) is 3.16. The van der Waals surface area contributed by atoms with Crippen LogP contribution < -0.4 is 4.74 Å². The first-order chi connectivity index (χ1) is 9.51. The molecule has 0 radical (unpaired) electrons. The number of hydrogen-bond donors (Lipinski definition) is 1. The van der Waals surface area contributed by atoms with Crippen molar-refractivity contribution in [1.29, 1.82) is 0 Å². The van der Waals surface area contributed by atoms with Crippen molar-refractivity contribution in [1.82, 2.24) is 0 Å². The maximum Gasteiger partial charge on any atom is 0.195 e. The number of halogens is 1. The fraction of sp³-hybridized carbons (Fsp3) is 0.133. The number of carbonyl (C=O) groups is 1. The van der Waals surface area contributed by atoms with Crippen LogP contribution >= 0.6 is 27.3 Å². The number of ketones is 1. The first-order valence-electron chi connectivity index (χ1n) is 5.86. The Kier molecular flexibility index (Phi) is 4.62. The zero-order valence-corrected chi connectivity index (χ0v) is 13.4. The van der Waals surface area contributed by atoms with E-state index < -0.39 is 0 Å². The fourth-order valence-electron chi connectivity index (χ4n) is 1.67. The number of hydrogen-bond acceptors (Lipinski definition) is 4. The number of thiophene rings is 1. The summed E-state index contributed by atoms with van der Waals surface area (Å²) in [6.45, 7) is 1.96. The standard InChI is InChI=1S/C15H13BrO3S/c1-9-3-6-15(20-9)12(17)5-4-10-7-13(18)14(19-2)8-11(10)16/h3-8,18H,1-2H3/b5-4+. The first-order valence-corrected chi connectivity index (χ1v) is 7.47.